The standard InChI is InChI=1S/C11H15ClN2O2/c1-14(2)5-6-16-11(15)9-4-3-8(13)7-10(9)12/h3-4,7H,5-6,13H2,1-2H3. The molecule has 0 aromatic heterocycles. The Morgan fingerprint density at radius 3 is 2.75 bits per heavy atom. The average Bonchev–Trinajstić information content (AvgIpc) is 2.16. The Kier molecular flexibility index (Phi) is 4.58. The lowest BCUT2D eigenvalue weighted by atomic mass is 10.2. The molecule has 4 nitrogen and oxygen atoms in total. The summed E-state index contributed by atoms with van der Waals surface area (Å²) < 4.78 is 5.05. The summed E-state index contributed by atoms with van der Waals surface area (Å²) in [5.41, 5.74) is 6.39. The number of hydrogen-bond acceptors (Lipinski definition) is 4. The monoisotopic (exact) mass is 242 g/mol. The van der Waals surface area contributed by atoms with E-state index < -0.39 is 5.97 Å². The molecule has 0 heterocycles. The van der Waals surface area contributed by atoms with Crippen LogP contribution in [0.3, 0.4) is 0 Å². The molecule has 0 saturated heterocycles. The number of ether oxygens (including phenoxy) is 1. The Bertz CT molecular complexity index is 380. The summed E-state index contributed by atoms with van der Waals surface area (Å²) >= 11 is 5.87. The molecule has 0 aliphatic carbocycles. The van der Waals surface area contributed by atoms with Crippen LogP contribution < -0.4 is 5.73 Å². The van der Waals surface area contributed by atoms with E-state index in [2.05, 4.69) is 0 Å². The molecule has 0 bridgehead atoms. The summed E-state index contributed by atoms with van der Waals surface area (Å²) in [5.74, 6) is -0.424. The number of benzene rings is 1. The highest BCUT2D eigenvalue weighted by Gasteiger charge is 2.11. The van der Waals surface area contributed by atoms with E-state index in [4.69, 9.17) is 22.1 Å². The van der Waals surface area contributed by atoms with Crippen molar-refractivity contribution in [2.24, 2.45) is 0 Å². The molecule has 2 N–H and O–H groups in total. The lowest BCUT2D eigenvalue weighted by Crippen LogP contribution is -2.20. The Hall–Kier alpha value is -1.26. The molecule has 16 heavy (non-hydrogen) atoms. The van der Waals surface area contributed by atoms with E-state index in [-0.39, 0.29) is 0 Å². The minimum atomic E-state index is -0.424. The molecule has 5 heteroatoms. The van der Waals surface area contributed by atoms with Crippen molar-refractivity contribution in [2.45, 2.75) is 0 Å². The number of nitrogen functional groups attached to an aromatic ring is 1. The smallest absolute Gasteiger partial charge is 0.339 e. The van der Waals surface area contributed by atoms with Gasteiger partial charge < -0.3 is 15.4 Å². The lowest BCUT2D eigenvalue weighted by molar-refractivity contribution is 0.0482. The molecule has 1 aromatic rings. The predicted molar refractivity (Wildman–Crippen MR) is 64.7 cm³/mol. The van der Waals surface area contributed by atoms with Crippen molar-refractivity contribution in [3.05, 3.63) is 28.8 Å². The van der Waals surface area contributed by atoms with Gasteiger partial charge in [-0.3, -0.25) is 0 Å². The van der Waals surface area contributed by atoms with Gasteiger partial charge >= 0.3 is 5.97 Å². The maximum Gasteiger partial charge on any atom is 0.339 e. The summed E-state index contributed by atoms with van der Waals surface area (Å²) in [6.07, 6.45) is 0. The molecule has 0 saturated carbocycles. The Morgan fingerprint density at radius 1 is 1.50 bits per heavy atom. The van der Waals surface area contributed by atoms with Gasteiger partial charge in [0.15, 0.2) is 0 Å². The number of rotatable bonds is 4. The summed E-state index contributed by atoms with van der Waals surface area (Å²) in [5, 5.41) is 0.315. The molecule has 0 unspecified atom stereocenters. The number of esters is 1. The van der Waals surface area contributed by atoms with E-state index in [0.29, 0.717) is 29.4 Å². The van der Waals surface area contributed by atoms with Crippen LogP contribution in [0.4, 0.5) is 5.69 Å². The number of carbonyl (C=O) groups is 1. The molecule has 0 amide bonds. The number of likely N-dealkylation sites (N-methyl/N-ethyl adjacent to an activating group) is 1. The SMILES string of the molecule is CN(C)CCOC(=O)c1ccc(N)cc1Cl. The minimum absolute atomic E-state index is 0.315. The van der Waals surface area contributed by atoms with E-state index >= 15 is 0 Å². The first-order valence-electron chi connectivity index (χ1n) is 4.87. The number of halogens is 1. The normalized spacial score (nSPS) is 10.5. The van der Waals surface area contributed by atoms with Crippen molar-refractivity contribution >= 4 is 23.3 Å². The molecule has 1 aromatic carbocycles. The number of hydrogen-bond donors (Lipinski definition) is 1. The third-order valence-corrected chi connectivity index (χ3v) is 2.30. The third-order valence-electron chi connectivity index (χ3n) is 1.98. The number of nitrogens with zero attached hydrogens (tertiary/aromatic N) is 1. The second kappa shape index (κ2) is 5.72. The fourth-order valence-corrected chi connectivity index (χ4v) is 1.36. The average molecular weight is 243 g/mol. The molecule has 0 fully saturated rings. The molecular formula is C11H15ClN2O2. The number of carbonyl (C=O) groups excluding carboxylic acids is 1. The van der Waals surface area contributed by atoms with Gasteiger partial charge in [0.1, 0.15) is 6.61 Å². The van der Waals surface area contributed by atoms with Crippen molar-refractivity contribution in [1.82, 2.24) is 4.90 Å². The maximum absolute atomic E-state index is 11.6. The highest BCUT2D eigenvalue weighted by molar-refractivity contribution is 6.33. The number of nitrogens with two attached hydrogens (primary N) is 1. The summed E-state index contributed by atoms with van der Waals surface area (Å²) in [6, 6.07) is 4.72. The van der Waals surface area contributed by atoms with Crippen LogP contribution in [0.1, 0.15) is 10.4 Å². The molecule has 0 aliphatic rings. The van der Waals surface area contributed by atoms with Gasteiger partial charge in [-0.15, -0.1) is 0 Å². The Morgan fingerprint density at radius 2 is 2.19 bits per heavy atom. The predicted octanol–water partition coefficient (Wildman–Crippen LogP) is 1.64. The lowest BCUT2D eigenvalue weighted by Gasteiger charge is -2.10. The van der Waals surface area contributed by atoms with Crippen LogP contribution in [0.25, 0.3) is 0 Å². The molecular weight excluding hydrogens is 228 g/mol. The highest BCUT2D eigenvalue weighted by Crippen LogP contribution is 2.19. The molecule has 0 aliphatic heterocycles. The third kappa shape index (κ3) is 3.72. The number of anilines is 1. The second-order valence-corrected chi connectivity index (χ2v) is 4.09. The van der Waals surface area contributed by atoms with Gasteiger partial charge in [-0.2, -0.15) is 0 Å². The van der Waals surface area contributed by atoms with Gasteiger partial charge in [0, 0.05) is 12.2 Å². The van der Waals surface area contributed by atoms with Crippen LogP contribution in [-0.2, 0) is 4.74 Å². The quantitative estimate of drug-likeness (QED) is 0.644. The van der Waals surface area contributed by atoms with Crippen LogP contribution >= 0.6 is 11.6 Å². The van der Waals surface area contributed by atoms with Crippen LogP contribution in [0, 0.1) is 0 Å². The maximum atomic E-state index is 11.6. The van der Waals surface area contributed by atoms with E-state index in [0.717, 1.165) is 0 Å². The van der Waals surface area contributed by atoms with Crippen molar-refractivity contribution in [2.75, 3.05) is 33.0 Å². The molecule has 0 atom stereocenters. The minimum Gasteiger partial charge on any atom is -0.461 e. The van der Waals surface area contributed by atoms with Gasteiger partial charge in [0.2, 0.25) is 0 Å². The fourth-order valence-electron chi connectivity index (χ4n) is 1.10. The summed E-state index contributed by atoms with van der Waals surface area (Å²) in [6.45, 7) is 1.02. The fraction of sp³-hybridized carbons (Fsp3) is 0.364. The first-order valence-corrected chi connectivity index (χ1v) is 5.25. The van der Waals surface area contributed by atoms with E-state index in [1.165, 1.54) is 6.07 Å². The van der Waals surface area contributed by atoms with Crippen molar-refractivity contribution in [1.29, 1.82) is 0 Å². The molecule has 0 radical (unpaired) electrons. The zero-order valence-corrected chi connectivity index (χ0v) is 10.1. The summed E-state index contributed by atoms with van der Waals surface area (Å²) in [7, 11) is 3.81. The topological polar surface area (TPSA) is 55.6 Å². The van der Waals surface area contributed by atoms with Gasteiger partial charge in [0.25, 0.3) is 0 Å². The summed E-state index contributed by atoms with van der Waals surface area (Å²) in [4.78, 5) is 13.5. The van der Waals surface area contributed by atoms with Gasteiger partial charge in [-0.05, 0) is 32.3 Å². The van der Waals surface area contributed by atoms with Crippen LogP contribution in [0.15, 0.2) is 18.2 Å². The van der Waals surface area contributed by atoms with Crippen molar-refractivity contribution < 1.29 is 9.53 Å². The van der Waals surface area contributed by atoms with Gasteiger partial charge in [-0.1, -0.05) is 11.6 Å². The van der Waals surface area contributed by atoms with Crippen molar-refractivity contribution in [3.63, 3.8) is 0 Å². The zero-order chi connectivity index (χ0) is 12.1. The van der Waals surface area contributed by atoms with Crippen LogP contribution in [0.2, 0.25) is 5.02 Å². The Labute approximate surface area is 99.9 Å². The first-order chi connectivity index (χ1) is 7.50. The van der Waals surface area contributed by atoms with E-state index in [9.17, 15) is 4.79 Å². The van der Waals surface area contributed by atoms with Crippen LogP contribution in [0.5, 0.6) is 0 Å². The first kappa shape index (κ1) is 12.8. The molecule has 1 rings (SSSR count). The van der Waals surface area contributed by atoms with E-state index in [1.807, 2.05) is 19.0 Å². The van der Waals surface area contributed by atoms with Crippen LogP contribution in [-0.4, -0.2) is 38.1 Å². The van der Waals surface area contributed by atoms with Crippen molar-refractivity contribution in [3.8, 4) is 0 Å². The second-order valence-electron chi connectivity index (χ2n) is 3.68. The highest BCUT2D eigenvalue weighted by atomic mass is 35.5. The Balaban J connectivity index is 2.59. The van der Waals surface area contributed by atoms with Gasteiger partial charge in [0.05, 0.1) is 10.6 Å². The molecule has 88 valence electrons. The van der Waals surface area contributed by atoms with E-state index in [1.54, 1.807) is 12.1 Å². The molecule has 0 spiro atoms. The zero-order valence-electron chi connectivity index (χ0n) is 9.37. The largest absolute Gasteiger partial charge is 0.461 e. The van der Waals surface area contributed by atoms with Gasteiger partial charge in [-0.25, -0.2) is 4.79 Å².